The molecule has 0 spiro atoms. The van der Waals surface area contributed by atoms with Gasteiger partial charge in [-0.15, -0.1) is 0 Å². The zero-order chi connectivity index (χ0) is 20.8. The van der Waals surface area contributed by atoms with Crippen LogP contribution in [0.3, 0.4) is 0 Å². The van der Waals surface area contributed by atoms with Gasteiger partial charge in [0.1, 0.15) is 11.6 Å². The van der Waals surface area contributed by atoms with Crippen molar-refractivity contribution >= 4 is 21.9 Å². The second-order valence-corrected chi connectivity index (χ2v) is 7.17. The van der Waals surface area contributed by atoms with Crippen LogP contribution >= 0.6 is 0 Å². The lowest BCUT2D eigenvalue weighted by molar-refractivity contribution is 0.545. The number of nitrogens with zero attached hydrogens (tertiary/aromatic N) is 4. The van der Waals surface area contributed by atoms with E-state index in [0.717, 1.165) is 17.1 Å². The molecule has 2 heterocycles. The summed E-state index contributed by atoms with van der Waals surface area (Å²) in [5, 5.41) is 5.19. The van der Waals surface area contributed by atoms with Gasteiger partial charge >= 0.3 is 0 Å². The van der Waals surface area contributed by atoms with E-state index in [1.807, 2.05) is 25.4 Å². The summed E-state index contributed by atoms with van der Waals surface area (Å²) in [6.07, 6.45) is 3.01. The van der Waals surface area contributed by atoms with Crippen LogP contribution < -0.4 is 5.56 Å². The van der Waals surface area contributed by atoms with Gasteiger partial charge in [0.2, 0.25) is 0 Å². The first-order chi connectivity index (χ1) is 14.5. The van der Waals surface area contributed by atoms with Crippen molar-refractivity contribution < 1.29 is 8.78 Å². The minimum Gasteiger partial charge on any atom is -0.301 e. The lowest BCUT2D eigenvalue weighted by atomic mass is 10.0. The minimum atomic E-state index is -0.705. The first-order valence-electron chi connectivity index (χ1n) is 9.36. The second-order valence-electron chi connectivity index (χ2n) is 7.17. The van der Waals surface area contributed by atoms with Gasteiger partial charge in [0.15, 0.2) is 0 Å². The first kappa shape index (κ1) is 18.2. The summed E-state index contributed by atoms with van der Waals surface area (Å²) in [5.74, 6) is -1.41. The number of halogens is 2. The molecule has 5 rings (SSSR count). The van der Waals surface area contributed by atoms with Crippen LogP contribution in [0.2, 0.25) is 0 Å². The van der Waals surface area contributed by atoms with Crippen LogP contribution in [-0.4, -0.2) is 19.3 Å². The Balaban J connectivity index is 1.58. The molecule has 3 aromatic carbocycles. The van der Waals surface area contributed by atoms with Crippen LogP contribution in [0.1, 0.15) is 5.56 Å². The molecule has 0 aliphatic rings. The van der Waals surface area contributed by atoms with Gasteiger partial charge in [-0.05, 0) is 47.5 Å². The van der Waals surface area contributed by atoms with Gasteiger partial charge in [-0.1, -0.05) is 18.2 Å². The average Bonchev–Trinajstić information content (AvgIpc) is 3.11. The molecule has 2 aromatic heterocycles. The number of rotatable bonds is 3. The molecule has 0 saturated carbocycles. The van der Waals surface area contributed by atoms with E-state index in [-0.39, 0.29) is 12.1 Å². The summed E-state index contributed by atoms with van der Waals surface area (Å²) in [7, 11) is 1.82. The van der Waals surface area contributed by atoms with Crippen molar-refractivity contribution in [2.24, 2.45) is 7.05 Å². The maximum atomic E-state index is 14.9. The fourth-order valence-electron chi connectivity index (χ4n) is 3.69. The highest BCUT2D eigenvalue weighted by atomic mass is 19.1. The molecule has 0 radical (unpaired) electrons. The van der Waals surface area contributed by atoms with Crippen molar-refractivity contribution in [1.29, 1.82) is 0 Å². The van der Waals surface area contributed by atoms with Gasteiger partial charge in [-0.25, -0.2) is 13.8 Å². The van der Waals surface area contributed by atoms with E-state index in [1.165, 1.54) is 16.7 Å². The van der Waals surface area contributed by atoms with E-state index in [9.17, 15) is 13.6 Å². The molecule has 0 atom stereocenters. The second kappa shape index (κ2) is 6.88. The summed E-state index contributed by atoms with van der Waals surface area (Å²) in [4.78, 5) is 16.4. The van der Waals surface area contributed by atoms with Crippen LogP contribution in [0.25, 0.3) is 33.1 Å². The van der Waals surface area contributed by atoms with Gasteiger partial charge < -0.3 is 4.57 Å². The zero-order valence-electron chi connectivity index (χ0n) is 16.0. The molecule has 5 aromatic rings. The van der Waals surface area contributed by atoms with Gasteiger partial charge in [-0.3, -0.25) is 9.48 Å². The number of benzene rings is 3. The molecule has 5 nitrogen and oxygen atoms in total. The Morgan fingerprint density at radius 1 is 0.933 bits per heavy atom. The fourth-order valence-corrected chi connectivity index (χ4v) is 3.69. The van der Waals surface area contributed by atoms with Crippen molar-refractivity contribution in [3.63, 3.8) is 0 Å². The van der Waals surface area contributed by atoms with E-state index in [4.69, 9.17) is 0 Å². The highest BCUT2D eigenvalue weighted by Crippen LogP contribution is 2.28. The molecule has 0 N–H and O–H groups in total. The number of aromatic nitrogens is 4. The lowest BCUT2D eigenvalue weighted by Gasteiger charge is -2.12. The molecule has 7 heteroatoms. The van der Waals surface area contributed by atoms with E-state index in [1.54, 1.807) is 35.0 Å². The standard InChI is InChI=1S/C23H16F2N4O/c1-28-12-16-8-14(6-7-20(16)27-28)15-9-18(24)17(19(25)10-15)13-29-22-5-3-2-4-21(22)26-11-23(29)30/h2-12H,13H2,1H3. The van der Waals surface area contributed by atoms with Crippen LogP contribution in [0, 0.1) is 11.6 Å². The summed E-state index contributed by atoms with van der Waals surface area (Å²) in [6, 6.07) is 15.0. The summed E-state index contributed by atoms with van der Waals surface area (Å²) >= 11 is 0. The first-order valence-corrected chi connectivity index (χ1v) is 9.36. The van der Waals surface area contributed by atoms with E-state index in [0.29, 0.717) is 22.2 Å². The van der Waals surface area contributed by atoms with Crippen LogP contribution in [-0.2, 0) is 13.6 Å². The third kappa shape index (κ3) is 3.04. The van der Waals surface area contributed by atoms with Crippen LogP contribution in [0.4, 0.5) is 8.78 Å². The minimum absolute atomic E-state index is 0.167. The molecule has 148 valence electrons. The van der Waals surface area contributed by atoms with E-state index >= 15 is 0 Å². The van der Waals surface area contributed by atoms with Gasteiger partial charge in [0.25, 0.3) is 5.56 Å². The zero-order valence-corrected chi connectivity index (χ0v) is 16.0. The van der Waals surface area contributed by atoms with Crippen molar-refractivity contribution in [1.82, 2.24) is 19.3 Å². The molecular formula is C23H16F2N4O. The number of hydrogen-bond acceptors (Lipinski definition) is 3. The van der Waals surface area contributed by atoms with Crippen molar-refractivity contribution in [3.05, 3.63) is 94.5 Å². The maximum Gasteiger partial charge on any atom is 0.269 e. The van der Waals surface area contributed by atoms with Crippen LogP contribution in [0.15, 0.2) is 71.8 Å². The fraction of sp³-hybridized carbons (Fsp3) is 0.0870. The summed E-state index contributed by atoms with van der Waals surface area (Å²) in [5.41, 5.74) is 2.44. The molecule has 0 bridgehead atoms. The number of para-hydroxylation sites is 2. The Hall–Kier alpha value is -3.87. The lowest BCUT2D eigenvalue weighted by Crippen LogP contribution is -2.22. The molecule has 30 heavy (non-hydrogen) atoms. The Morgan fingerprint density at radius 3 is 2.50 bits per heavy atom. The molecule has 0 unspecified atom stereocenters. The highest BCUT2D eigenvalue weighted by molar-refractivity contribution is 5.84. The largest absolute Gasteiger partial charge is 0.301 e. The monoisotopic (exact) mass is 402 g/mol. The normalized spacial score (nSPS) is 11.4. The molecule has 0 aliphatic heterocycles. The molecule has 0 fully saturated rings. The van der Waals surface area contributed by atoms with Crippen LogP contribution in [0.5, 0.6) is 0 Å². The smallest absolute Gasteiger partial charge is 0.269 e. The molecular weight excluding hydrogens is 386 g/mol. The Morgan fingerprint density at radius 2 is 1.70 bits per heavy atom. The van der Waals surface area contributed by atoms with Gasteiger partial charge in [0, 0.05) is 24.2 Å². The average molecular weight is 402 g/mol. The highest BCUT2D eigenvalue weighted by Gasteiger charge is 2.15. The Kier molecular flexibility index (Phi) is 4.17. The van der Waals surface area contributed by atoms with Crippen molar-refractivity contribution in [3.8, 4) is 11.1 Å². The third-order valence-electron chi connectivity index (χ3n) is 5.16. The third-order valence-corrected chi connectivity index (χ3v) is 5.16. The van der Waals surface area contributed by atoms with Crippen molar-refractivity contribution in [2.75, 3.05) is 0 Å². The number of fused-ring (bicyclic) bond motifs is 2. The molecule has 0 saturated heterocycles. The Bertz CT molecular complexity index is 1460. The quantitative estimate of drug-likeness (QED) is 0.453. The molecule has 0 amide bonds. The van der Waals surface area contributed by atoms with Gasteiger partial charge in [0.05, 0.1) is 29.3 Å². The molecule has 0 aliphatic carbocycles. The number of aryl methyl sites for hydroxylation is 1. The topological polar surface area (TPSA) is 52.7 Å². The SMILES string of the molecule is Cn1cc2cc(-c3cc(F)c(Cn4c(=O)cnc5ccccc54)c(F)c3)ccc2n1. The van der Waals surface area contributed by atoms with E-state index in [2.05, 4.69) is 10.1 Å². The summed E-state index contributed by atoms with van der Waals surface area (Å²) in [6.45, 7) is -0.221. The van der Waals surface area contributed by atoms with Gasteiger partial charge in [-0.2, -0.15) is 5.10 Å². The number of hydrogen-bond donors (Lipinski definition) is 0. The Labute approximate surface area is 169 Å². The van der Waals surface area contributed by atoms with Crippen molar-refractivity contribution in [2.45, 2.75) is 6.54 Å². The maximum absolute atomic E-state index is 14.9. The summed E-state index contributed by atoms with van der Waals surface area (Å²) < 4.78 is 32.9. The predicted molar refractivity (Wildman–Crippen MR) is 111 cm³/mol. The van der Waals surface area contributed by atoms with E-state index < -0.39 is 17.2 Å². The predicted octanol–water partition coefficient (Wildman–Crippen LogP) is 4.28.